The highest BCUT2D eigenvalue weighted by Crippen LogP contribution is 2.39. The Morgan fingerprint density at radius 2 is 1.56 bits per heavy atom. The van der Waals surface area contributed by atoms with Gasteiger partial charge in [0.2, 0.25) is 10.0 Å². The molecule has 1 aliphatic rings. The SMILES string of the molecule is CC1CCCCN1S(=O)(=O)c1ccc(C(=O)Nc2nc(-c3ccccc3)c(-c3ccccc3)s2)cc1. The zero-order valence-electron chi connectivity index (χ0n) is 19.9. The van der Waals surface area contributed by atoms with Crippen molar-refractivity contribution >= 4 is 32.4 Å². The summed E-state index contributed by atoms with van der Waals surface area (Å²) in [4.78, 5) is 18.9. The minimum Gasteiger partial charge on any atom is -0.298 e. The monoisotopic (exact) mass is 517 g/mol. The van der Waals surface area contributed by atoms with Crippen molar-refractivity contribution in [1.29, 1.82) is 0 Å². The number of hydrogen-bond acceptors (Lipinski definition) is 5. The quantitative estimate of drug-likeness (QED) is 0.326. The maximum absolute atomic E-state index is 13.1. The average molecular weight is 518 g/mol. The molecule has 1 unspecified atom stereocenters. The van der Waals surface area contributed by atoms with Gasteiger partial charge in [-0.15, -0.1) is 0 Å². The molecular formula is C28H27N3O3S2. The normalized spacial score (nSPS) is 16.5. The van der Waals surface area contributed by atoms with Gasteiger partial charge < -0.3 is 0 Å². The smallest absolute Gasteiger partial charge is 0.257 e. The molecule has 1 fully saturated rings. The van der Waals surface area contributed by atoms with E-state index in [0.717, 1.165) is 41.0 Å². The molecule has 1 amide bonds. The molecule has 0 aliphatic carbocycles. The van der Waals surface area contributed by atoms with Crippen LogP contribution in [0.25, 0.3) is 21.7 Å². The van der Waals surface area contributed by atoms with E-state index in [2.05, 4.69) is 5.32 Å². The Balaban J connectivity index is 1.39. The van der Waals surface area contributed by atoms with Crippen LogP contribution >= 0.6 is 11.3 Å². The van der Waals surface area contributed by atoms with E-state index in [1.165, 1.54) is 23.5 Å². The molecule has 5 rings (SSSR count). The topological polar surface area (TPSA) is 79.4 Å². The number of piperidine rings is 1. The molecule has 1 N–H and O–H groups in total. The first-order valence-electron chi connectivity index (χ1n) is 12.0. The van der Waals surface area contributed by atoms with Gasteiger partial charge in [-0.25, -0.2) is 13.4 Å². The van der Waals surface area contributed by atoms with Crippen LogP contribution in [0.2, 0.25) is 0 Å². The van der Waals surface area contributed by atoms with Crippen molar-refractivity contribution in [2.75, 3.05) is 11.9 Å². The van der Waals surface area contributed by atoms with Crippen molar-refractivity contribution in [3.63, 3.8) is 0 Å². The molecule has 4 aromatic rings. The lowest BCUT2D eigenvalue weighted by Gasteiger charge is -2.32. The van der Waals surface area contributed by atoms with Gasteiger partial charge in [0.15, 0.2) is 5.13 Å². The van der Waals surface area contributed by atoms with Gasteiger partial charge in [-0.1, -0.05) is 78.4 Å². The van der Waals surface area contributed by atoms with Crippen LogP contribution in [0.3, 0.4) is 0 Å². The summed E-state index contributed by atoms with van der Waals surface area (Å²) in [6.07, 6.45) is 2.78. The lowest BCUT2D eigenvalue weighted by molar-refractivity contribution is 0.102. The van der Waals surface area contributed by atoms with E-state index >= 15 is 0 Å². The minimum atomic E-state index is -3.58. The van der Waals surface area contributed by atoms with Gasteiger partial charge in [-0.3, -0.25) is 10.1 Å². The number of nitrogens with zero attached hydrogens (tertiary/aromatic N) is 2. The molecule has 3 aromatic carbocycles. The van der Waals surface area contributed by atoms with Crippen molar-refractivity contribution in [3.8, 4) is 21.7 Å². The molecule has 184 valence electrons. The number of anilines is 1. The molecular weight excluding hydrogens is 490 g/mol. The molecule has 2 heterocycles. The number of thiazole rings is 1. The Kier molecular flexibility index (Phi) is 7.00. The van der Waals surface area contributed by atoms with Crippen molar-refractivity contribution in [1.82, 2.24) is 9.29 Å². The third kappa shape index (κ3) is 4.97. The molecule has 1 aromatic heterocycles. The highest BCUT2D eigenvalue weighted by atomic mass is 32.2. The summed E-state index contributed by atoms with van der Waals surface area (Å²) >= 11 is 1.41. The molecule has 6 nitrogen and oxygen atoms in total. The average Bonchev–Trinajstić information content (AvgIpc) is 3.33. The first-order valence-corrected chi connectivity index (χ1v) is 14.2. The molecule has 0 spiro atoms. The predicted octanol–water partition coefficient (Wildman–Crippen LogP) is 6.29. The van der Waals surface area contributed by atoms with E-state index in [1.54, 1.807) is 16.4 Å². The van der Waals surface area contributed by atoms with Crippen LogP contribution in [0.5, 0.6) is 0 Å². The highest BCUT2D eigenvalue weighted by Gasteiger charge is 2.31. The Bertz CT molecular complexity index is 1390. The summed E-state index contributed by atoms with van der Waals surface area (Å²) in [6, 6.07) is 25.9. The molecule has 1 aliphatic heterocycles. The molecule has 36 heavy (non-hydrogen) atoms. The van der Waals surface area contributed by atoms with E-state index in [4.69, 9.17) is 4.98 Å². The van der Waals surface area contributed by atoms with Crippen molar-refractivity contribution < 1.29 is 13.2 Å². The van der Waals surface area contributed by atoms with Crippen molar-refractivity contribution in [2.24, 2.45) is 0 Å². The van der Waals surface area contributed by atoms with Gasteiger partial charge >= 0.3 is 0 Å². The number of carbonyl (C=O) groups excluding carboxylic acids is 1. The van der Waals surface area contributed by atoms with Crippen LogP contribution in [0.15, 0.2) is 89.8 Å². The molecule has 1 atom stereocenters. The summed E-state index contributed by atoms with van der Waals surface area (Å²) in [6.45, 7) is 2.48. The van der Waals surface area contributed by atoms with Crippen LogP contribution in [-0.2, 0) is 10.0 Å². The Morgan fingerprint density at radius 3 is 2.19 bits per heavy atom. The van der Waals surface area contributed by atoms with Crippen LogP contribution in [0.1, 0.15) is 36.5 Å². The second-order valence-corrected chi connectivity index (χ2v) is 11.8. The lowest BCUT2D eigenvalue weighted by Crippen LogP contribution is -2.41. The van der Waals surface area contributed by atoms with Crippen LogP contribution in [0, 0.1) is 0 Å². The third-order valence-corrected chi connectivity index (χ3v) is 9.44. The fourth-order valence-corrected chi connectivity index (χ4v) is 7.15. The standard InChI is InChI=1S/C28H27N3O3S2/c1-20-10-8-9-19-31(20)36(33,34)24-17-15-23(16-18-24)27(32)30-28-29-25(21-11-4-2-5-12-21)26(35-28)22-13-6-3-7-14-22/h2-7,11-18,20H,8-10,19H2,1H3,(H,29,30,32). The largest absolute Gasteiger partial charge is 0.298 e. The van der Waals surface area contributed by atoms with Gasteiger partial charge in [0.1, 0.15) is 0 Å². The summed E-state index contributed by atoms with van der Waals surface area (Å²) < 4.78 is 27.8. The summed E-state index contributed by atoms with van der Waals surface area (Å²) in [7, 11) is -3.58. The zero-order chi connectivity index (χ0) is 25.1. The van der Waals surface area contributed by atoms with Gasteiger partial charge in [0.05, 0.1) is 15.5 Å². The van der Waals surface area contributed by atoms with Crippen LogP contribution in [0.4, 0.5) is 5.13 Å². The number of aromatic nitrogens is 1. The van der Waals surface area contributed by atoms with Gasteiger partial charge in [0.25, 0.3) is 5.91 Å². The number of amides is 1. The Morgan fingerprint density at radius 1 is 0.917 bits per heavy atom. The summed E-state index contributed by atoms with van der Waals surface area (Å²) in [5.74, 6) is -0.335. The third-order valence-electron chi connectivity index (χ3n) is 6.40. The second-order valence-electron chi connectivity index (χ2n) is 8.87. The molecule has 1 saturated heterocycles. The minimum absolute atomic E-state index is 0.0192. The van der Waals surface area contributed by atoms with Gasteiger partial charge in [-0.05, 0) is 49.6 Å². The van der Waals surface area contributed by atoms with Crippen molar-refractivity contribution in [3.05, 3.63) is 90.5 Å². The zero-order valence-corrected chi connectivity index (χ0v) is 21.6. The number of nitrogens with one attached hydrogen (secondary N) is 1. The van der Waals surface area contributed by atoms with Gasteiger partial charge in [-0.2, -0.15) is 4.31 Å². The number of sulfonamides is 1. The van der Waals surface area contributed by atoms with E-state index < -0.39 is 10.0 Å². The Labute approximate surface area is 215 Å². The maximum Gasteiger partial charge on any atom is 0.257 e. The van der Waals surface area contributed by atoms with E-state index in [0.29, 0.717) is 17.2 Å². The number of carbonyl (C=O) groups is 1. The number of hydrogen-bond donors (Lipinski definition) is 1. The number of benzene rings is 3. The number of rotatable bonds is 6. The second kappa shape index (κ2) is 10.3. The Hall–Kier alpha value is -3.33. The first-order chi connectivity index (χ1) is 17.4. The van der Waals surface area contributed by atoms with Crippen molar-refractivity contribution in [2.45, 2.75) is 37.1 Å². The highest BCUT2D eigenvalue weighted by molar-refractivity contribution is 7.89. The van der Waals surface area contributed by atoms with Gasteiger partial charge in [0, 0.05) is 23.7 Å². The summed E-state index contributed by atoms with van der Waals surface area (Å²) in [5, 5.41) is 3.38. The fourth-order valence-electron chi connectivity index (χ4n) is 4.46. The van der Waals surface area contributed by atoms with Crippen LogP contribution in [-0.4, -0.2) is 36.2 Å². The maximum atomic E-state index is 13.1. The lowest BCUT2D eigenvalue weighted by atomic mass is 10.1. The van der Waals surface area contributed by atoms with Crippen LogP contribution < -0.4 is 5.32 Å². The first kappa shape index (κ1) is 24.4. The molecule has 0 bridgehead atoms. The predicted molar refractivity (Wildman–Crippen MR) is 145 cm³/mol. The molecule has 0 saturated carbocycles. The fraction of sp³-hybridized carbons (Fsp3) is 0.214. The van der Waals surface area contributed by atoms with E-state index in [-0.39, 0.29) is 16.8 Å². The van der Waals surface area contributed by atoms with E-state index in [9.17, 15) is 13.2 Å². The molecule has 8 heteroatoms. The molecule has 0 radical (unpaired) electrons. The van der Waals surface area contributed by atoms with E-state index in [1.807, 2.05) is 67.6 Å². The summed E-state index contributed by atoms with van der Waals surface area (Å²) in [5.41, 5.74) is 3.17.